The van der Waals surface area contributed by atoms with Crippen molar-refractivity contribution < 1.29 is 9.53 Å². The van der Waals surface area contributed by atoms with Crippen molar-refractivity contribution >= 4 is 45.4 Å². The maximum atomic E-state index is 12.6. The molecule has 132 valence electrons. The van der Waals surface area contributed by atoms with Gasteiger partial charge in [-0.25, -0.2) is 4.98 Å². The first-order valence-electron chi connectivity index (χ1n) is 8.15. The van der Waals surface area contributed by atoms with Gasteiger partial charge in [-0.1, -0.05) is 6.07 Å². The molecule has 0 fully saturated rings. The summed E-state index contributed by atoms with van der Waals surface area (Å²) >= 11 is 3.25. The second-order valence-corrected chi connectivity index (χ2v) is 7.80. The number of carbonyl (C=O) groups excluding carboxylic acids is 1. The van der Waals surface area contributed by atoms with E-state index < -0.39 is 0 Å². The van der Waals surface area contributed by atoms with E-state index in [0.717, 1.165) is 28.0 Å². The van der Waals surface area contributed by atoms with Gasteiger partial charge in [-0.05, 0) is 36.4 Å². The monoisotopic (exact) mass is 383 g/mol. The third-order valence-electron chi connectivity index (χ3n) is 4.00. The summed E-state index contributed by atoms with van der Waals surface area (Å²) in [5.41, 5.74) is 1.82. The Morgan fingerprint density at radius 2 is 2.15 bits per heavy atom. The quantitative estimate of drug-likeness (QED) is 0.711. The topological polar surface area (TPSA) is 54.5 Å². The molecular weight excluding hydrogens is 366 g/mol. The predicted octanol–water partition coefficient (Wildman–Crippen LogP) is 4.65. The molecule has 5 nitrogen and oxygen atoms in total. The zero-order chi connectivity index (χ0) is 17.9. The van der Waals surface area contributed by atoms with Gasteiger partial charge in [0.1, 0.15) is 10.8 Å². The summed E-state index contributed by atoms with van der Waals surface area (Å²) in [6.45, 7) is 0.904. The molecule has 0 bridgehead atoms. The first-order valence-corrected chi connectivity index (χ1v) is 9.95. The van der Waals surface area contributed by atoms with E-state index in [0.29, 0.717) is 16.3 Å². The summed E-state index contributed by atoms with van der Waals surface area (Å²) in [5, 5.41) is 5.01. The first-order chi connectivity index (χ1) is 12.7. The number of nitrogens with zero attached hydrogens (tertiary/aromatic N) is 2. The van der Waals surface area contributed by atoms with E-state index in [1.165, 1.54) is 11.3 Å². The maximum Gasteiger partial charge on any atom is 0.265 e. The summed E-state index contributed by atoms with van der Waals surface area (Å²) in [6.07, 6.45) is 1.82. The molecule has 26 heavy (non-hydrogen) atoms. The number of nitrogens with one attached hydrogen (secondary N) is 1. The number of rotatable bonds is 4. The second kappa shape index (κ2) is 7.39. The maximum absolute atomic E-state index is 12.6. The number of aromatic nitrogens is 1. The van der Waals surface area contributed by atoms with Crippen LogP contribution in [0.15, 0.2) is 59.8 Å². The van der Waals surface area contributed by atoms with Crippen LogP contribution in [-0.4, -0.2) is 30.3 Å². The van der Waals surface area contributed by atoms with Gasteiger partial charge >= 0.3 is 0 Å². The molecule has 1 aliphatic rings. The smallest absolute Gasteiger partial charge is 0.265 e. The number of hydrogen-bond donors (Lipinski definition) is 1. The van der Waals surface area contributed by atoms with Gasteiger partial charge in [0.15, 0.2) is 0 Å². The number of methoxy groups -OCH3 is 1. The molecule has 1 amide bonds. The van der Waals surface area contributed by atoms with Gasteiger partial charge in [0.05, 0.1) is 22.7 Å². The molecule has 1 aromatic carbocycles. The Kier molecular flexibility index (Phi) is 4.81. The highest BCUT2D eigenvalue weighted by Crippen LogP contribution is 2.40. The highest BCUT2D eigenvalue weighted by atomic mass is 32.2. The molecule has 1 N–H and O–H groups in total. The van der Waals surface area contributed by atoms with E-state index >= 15 is 0 Å². The van der Waals surface area contributed by atoms with Gasteiger partial charge in [0, 0.05) is 30.2 Å². The zero-order valence-electron chi connectivity index (χ0n) is 14.1. The average Bonchev–Trinajstić information content (AvgIpc) is 3.18. The Morgan fingerprint density at radius 1 is 1.23 bits per heavy atom. The van der Waals surface area contributed by atoms with Crippen molar-refractivity contribution in [3.8, 4) is 5.75 Å². The minimum absolute atomic E-state index is 0.118. The highest BCUT2D eigenvalue weighted by Gasteiger charge is 2.21. The molecule has 0 atom stereocenters. The van der Waals surface area contributed by atoms with Crippen LogP contribution in [0, 0.1) is 0 Å². The standard InChI is InChI=1S/C19H17N3O2S2/c1-24-14-5-2-4-13(12-14)21-18(23)16-7-8-17(26-16)22-10-11-25-19-15(22)6-3-9-20-19/h2-9,12H,10-11H2,1H3,(H,21,23). The minimum atomic E-state index is -0.118. The molecule has 1 aliphatic heterocycles. The molecule has 0 radical (unpaired) electrons. The van der Waals surface area contributed by atoms with Crippen LogP contribution in [0.5, 0.6) is 5.75 Å². The molecule has 3 aromatic rings. The largest absolute Gasteiger partial charge is 0.497 e. The SMILES string of the molecule is COc1cccc(NC(=O)c2ccc(N3CCSc4ncccc43)s2)c1. The van der Waals surface area contributed by atoms with Crippen molar-refractivity contribution in [3.05, 3.63) is 59.6 Å². The van der Waals surface area contributed by atoms with Crippen molar-refractivity contribution in [1.29, 1.82) is 0 Å². The molecule has 3 heterocycles. The number of anilines is 3. The van der Waals surface area contributed by atoms with Gasteiger partial charge in [-0.15, -0.1) is 23.1 Å². The van der Waals surface area contributed by atoms with Gasteiger partial charge in [0.25, 0.3) is 5.91 Å². The van der Waals surface area contributed by atoms with Crippen LogP contribution < -0.4 is 15.0 Å². The number of pyridine rings is 1. The van der Waals surface area contributed by atoms with Gasteiger partial charge < -0.3 is 15.0 Å². The Bertz CT molecular complexity index is 942. The van der Waals surface area contributed by atoms with Gasteiger partial charge in [-0.2, -0.15) is 0 Å². The van der Waals surface area contributed by atoms with E-state index in [-0.39, 0.29) is 5.91 Å². The number of ether oxygens (including phenoxy) is 1. The number of amides is 1. The Morgan fingerprint density at radius 3 is 3.04 bits per heavy atom. The molecule has 0 spiro atoms. The fraction of sp³-hybridized carbons (Fsp3) is 0.158. The lowest BCUT2D eigenvalue weighted by Gasteiger charge is -2.28. The molecule has 0 saturated heterocycles. The Hall–Kier alpha value is -2.51. The Balaban J connectivity index is 1.54. The molecule has 0 saturated carbocycles. The minimum Gasteiger partial charge on any atom is -0.497 e. The lowest BCUT2D eigenvalue weighted by molar-refractivity contribution is 0.103. The van der Waals surface area contributed by atoms with Crippen molar-refractivity contribution in [2.45, 2.75) is 5.03 Å². The van der Waals surface area contributed by atoms with Crippen LogP contribution >= 0.6 is 23.1 Å². The van der Waals surface area contributed by atoms with E-state index in [4.69, 9.17) is 4.74 Å². The van der Waals surface area contributed by atoms with Crippen molar-refractivity contribution in [3.63, 3.8) is 0 Å². The van der Waals surface area contributed by atoms with Crippen LogP contribution in [0.4, 0.5) is 16.4 Å². The van der Waals surface area contributed by atoms with Crippen molar-refractivity contribution in [2.75, 3.05) is 29.6 Å². The second-order valence-electron chi connectivity index (χ2n) is 5.65. The lowest BCUT2D eigenvalue weighted by Crippen LogP contribution is -2.23. The number of thiophene rings is 1. The van der Waals surface area contributed by atoms with Gasteiger partial charge in [-0.3, -0.25) is 4.79 Å². The fourth-order valence-electron chi connectivity index (χ4n) is 2.77. The molecule has 0 aliphatic carbocycles. The van der Waals surface area contributed by atoms with E-state index in [9.17, 15) is 4.79 Å². The molecule has 2 aromatic heterocycles. The van der Waals surface area contributed by atoms with Crippen LogP contribution in [0.3, 0.4) is 0 Å². The summed E-state index contributed by atoms with van der Waals surface area (Å²) in [7, 11) is 1.61. The molecule has 7 heteroatoms. The van der Waals surface area contributed by atoms with Gasteiger partial charge in [0.2, 0.25) is 0 Å². The number of carbonyl (C=O) groups is 1. The molecule has 0 unspecified atom stereocenters. The Labute approximate surface area is 160 Å². The summed E-state index contributed by atoms with van der Waals surface area (Å²) in [4.78, 5) is 19.9. The normalized spacial score (nSPS) is 13.2. The predicted molar refractivity (Wildman–Crippen MR) is 107 cm³/mol. The number of hydrogen-bond acceptors (Lipinski definition) is 6. The van der Waals surface area contributed by atoms with Crippen LogP contribution in [0.2, 0.25) is 0 Å². The molecule has 4 rings (SSSR count). The van der Waals surface area contributed by atoms with Crippen LogP contribution in [0.1, 0.15) is 9.67 Å². The number of benzene rings is 1. The first kappa shape index (κ1) is 16.9. The highest BCUT2D eigenvalue weighted by molar-refractivity contribution is 7.99. The summed E-state index contributed by atoms with van der Waals surface area (Å²) in [5.74, 6) is 1.57. The van der Waals surface area contributed by atoms with E-state index in [1.54, 1.807) is 24.9 Å². The fourth-order valence-corrected chi connectivity index (χ4v) is 4.64. The van der Waals surface area contributed by atoms with E-state index in [1.807, 2.05) is 42.6 Å². The third kappa shape index (κ3) is 3.40. The molecular formula is C19H17N3O2S2. The van der Waals surface area contributed by atoms with Crippen LogP contribution in [0.25, 0.3) is 0 Å². The van der Waals surface area contributed by atoms with Crippen molar-refractivity contribution in [1.82, 2.24) is 4.98 Å². The third-order valence-corrected chi connectivity index (χ3v) is 6.09. The lowest BCUT2D eigenvalue weighted by atomic mass is 10.3. The summed E-state index contributed by atoms with van der Waals surface area (Å²) in [6, 6.07) is 15.2. The van der Waals surface area contributed by atoms with Crippen LogP contribution in [-0.2, 0) is 0 Å². The number of fused-ring (bicyclic) bond motifs is 1. The summed E-state index contributed by atoms with van der Waals surface area (Å²) < 4.78 is 5.20. The van der Waals surface area contributed by atoms with E-state index in [2.05, 4.69) is 21.3 Å². The number of thioether (sulfide) groups is 1. The average molecular weight is 383 g/mol. The zero-order valence-corrected chi connectivity index (χ0v) is 15.8. The van der Waals surface area contributed by atoms with Crippen molar-refractivity contribution in [2.24, 2.45) is 0 Å².